The van der Waals surface area contributed by atoms with Crippen LogP contribution in [0.3, 0.4) is 0 Å². The molecule has 0 radical (unpaired) electrons. The molecule has 0 unspecified atom stereocenters. The number of nitrogens with zero attached hydrogens (tertiary/aromatic N) is 3. The Morgan fingerprint density at radius 3 is 2.72 bits per heavy atom. The van der Waals surface area contributed by atoms with Crippen molar-refractivity contribution in [2.45, 2.75) is 5.16 Å². The van der Waals surface area contributed by atoms with Crippen molar-refractivity contribution in [2.75, 3.05) is 19.5 Å². The van der Waals surface area contributed by atoms with Gasteiger partial charge in [0, 0.05) is 11.9 Å². The number of pyridine rings is 1. The molecule has 0 aliphatic rings. The lowest BCUT2D eigenvalue weighted by Crippen LogP contribution is -2.03. The number of esters is 1. The van der Waals surface area contributed by atoms with E-state index in [0.29, 0.717) is 44.5 Å². The third-order valence-electron chi connectivity index (χ3n) is 3.25. The molecule has 0 saturated heterocycles. The van der Waals surface area contributed by atoms with E-state index >= 15 is 0 Å². The van der Waals surface area contributed by atoms with E-state index in [1.165, 1.54) is 18.9 Å². The van der Waals surface area contributed by atoms with Crippen LogP contribution in [-0.2, 0) is 4.74 Å². The molecule has 2 heterocycles. The summed E-state index contributed by atoms with van der Waals surface area (Å²) in [6.07, 6.45) is 1.72. The largest absolute Gasteiger partial charge is 0.493 e. The van der Waals surface area contributed by atoms with Gasteiger partial charge in [-0.15, -0.1) is 10.2 Å². The summed E-state index contributed by atoms with van der Waals surface area (Å²) in [5.74, 6) is 0.951. The molecule has 2 aromatic heterocycles. The van der Waals surface area contributed by atoms with Crippen LogP contribution >= 0.6 is 35.0 Å². The maximum absolute atomic E-state index is 11.4. The summed E-state index contributed by atoms with van der Waals surface area (Å²) in [6, 6.07) is 8.39. The second-order valence-electron chi connectivity index (χ2n) is 4.90. The molecule has 0 saturated carbocycles. The van der Waals surface area contributed by atoms with Gasteiger partial charge in [0.25, 0.3) is 0 Å². The van der Waals surface area contributed by atoms with Gasteiger partial charge in [0.15, 0.2) is 10.8 Å². The quantitative estimate of drug-likeness (QED) is 0.355. The van der Waals surface area contributed by atoms with Gasteiger partial charge in [-0.3, -0.25) is 4.40 Å². The van der Waals surface area contributed by atoms with Crippen molar-refractivity contribution in [1.29, 1.82) is 0 Å². The molecule has 0 atom stereocenters. The van der Waals surface area contributed by atoms with E-state index in [2.05, 4.69) is 14.9 Å². The van der Waals surface area contributed by atoms with Crippen LogP contribution in [0.25, 0.3) is 5.65 Å². The molecule has 0 N–H and O–H groups in total. The zero-order valence-corrected chi connectivity index (χ0v) is 15.4. The Bertz CT molecular complexity index is 900. The van der Waals surface area contributed by atoms with Crippen molar-refractivity contribution in [3.63, 3.8) is 0 Å². The Morgan fingerprint density at radius 2 is 2.00 bits per heavy atom. The van der Waals surface area contributed by atoms with Crippen LogP contribution in [0.2, 0.25) is 10.0 Å². The SMILES string of the molecule is COC(=O)c1ccc(OCCSc2nnc3c(Cl)cc(Cl)cn23)cc1. The molecule has 0 bridgehead atoms. The number of rotatable bonds is 6. The van der Waals surface area contributed by atoms with Gasteiger partial charge in [0.1, 0.15) is 5.75 Å². The van der Waals surface area contributed by atoms with Gasteiger partial charge in [0.05, 0.1) is 29.3 Å². The Kier molecular flexibility index (Phi) is 5.67. The second kappa shape index (κ2) is 7.95. The number of hydrogen-bond donors (Lipinski definition) is 0. The molecule has 1 aromatic carbocycles. The molecule has 0 fully saturated rings. The standard InChI is InChI=1S/C16H13Cl2N3O3S/c1-23-15(22)10-2-4-12(5-3-10)24-6-7-25-16-20-19-14-13(18)8-11(17)9-21(14)16/h2-5,8-9H,6-7H2,1H3. The highest BCUT2D eigenvalue weighted by Crippen LogP contribution is 2.25. The Hall–Kier alpha value is -1.96. The Balaban J connectivity index is 1.56. The predicted octanol–water partition coefficient (Wildman–Crippen LogP) is 3.99. The summed E-state index contributed by atoms with van der Waals surface area (Å²) in [4.78, 5) is 11.4. The van der Waals surface area contributed by atoms with Crippen molar-refractivity contribution in [3.8, 4) is 5.75 Å². The third kappa shape index (κ3) is 4.18. The van der Waals surface area contributed by atoms with Gasteiger partial charge < -0.3 is 9.47 Å². The molecule has 0 spiro atoms. The lowest BCUT2D eigenvalue weighted by atomic mass is 10.2. The van der Waals surface area contributed by atoms with Crippen LogP contribution in [0, 0.1) is 0 Å². The fourth-order valence-corrected chi connectivity index (χ4v) is 3.33. The average molecular weight is 398 g/mol. The highest BCUT2D eigenvalue weighted by atomic mass is 35.5. The first-order valence-electron chi connectivity index (χ1n) is 7.22. The molecular formula is C16H13Cl2N3O3S. The van der Waals surface area contributed by atoms with Gasteiger partial charge in [-0.1, -0.05) is 35.0 Å². The summed E-state index contributed by atoms with van der Waals surface area (Å²) in [5.41, 5.74) is 1.04. The van der Waals surface area contributed by atoms with Crippen LogP contribution in [0.1, 0.15) is 10.4 Å². The van der Waals surface area contributed by atoms with E-state index < -0.39 is 0 Å². The first kappa shape index (κ1) is 17.8. The van der Waals surface area contributed by atoms with Gasteiger partial charge in [-0.2, -0.15) is 0 Å². The van der Waals surface area contributed by atoms with Crippen LogP contribution < -0.4 is 4.74 Å². The number of carbonyl (C=O) groups excluding carboxylic acids is 1. The zero-order valence-electron chi connectivity index (χ0n) is 13.1. The number of hydrogen-bond acceptors (Lipinski definition) is 6. The number of ether oxygens (including phenoxy) is 2. The number of aromatic nitrogens is 3. The summed E-state index contributed by atoms with van der Waals surface area (Å²) in [5, 5.41) is 9.81. The van der Waals surface area contributed by atoms with Crippen molar-refractivity contribution in [2.24, 2.45) is 0 Å². The van der Waals surface area contributed by atoms with Crippen molar-refractivity contribution in [1.82, 2.24) is 14.6 Å². The summed E-state index contributed by atoms with van der Waals surface area (Å²) in [6.45, 7) is 0.464. The minimum Gasteiger partial charge on any atom is -0.493 e. The maximum Gasteiger partial charge on any atom is 0.337 e. The highest BCUT2D eigenvalue weighted by Gasteiger charge is 2.10. The van der Waals surface area contributed by atoms with Gasteiger partial charge in [-0.05, 0) is 30.3 Å². The fraction of sp³-hybridized carbons (Fsp3) is 0.188. The number of fused-ring (bicyclic) bond motifs is 1. The monoisotopic (exact) mass is 397 g/mol. The normalized spacial score (nSPS) is 10.8. The van der Waals surface area contributed by atoms with Crippen LogP contribution in [-0.4, -0.2) is 40.0 Å². The van der Waals surface area contributed by atoms with Gasteiger partial charge in [0.2, 0.25) is 0 Å². The Labute approximate surface area is 158 Å². The van der Waals surface area contributed by atoms with Crippen molar-refractivity contribution in [3.05, 3.63) is 52.1 Å². The number of benzene rings is 1. The molecule has 3 rings (SSSR count). The van der Waals surface area contributed by atoms with Crippen molar-refractivity contribution >= 4 is 46.6 Å². The molecule has 0 aliphatic heterocycles. The molecule has 6 nitrogen and oxygen atoms in total. The third-order valence-corrected chi connectivity index (χ3v) is 4.65. The smallest absolute Gasteiger partial charge is 0.337 e. The molecule has 25 heavy (non-hydrogen) atoms. The number of carbonyl (C=O) groups is 1. The predicted molar refractivity (Wildman–Crippen MR) is 97.0 cm³/mol. The average Bonchev–Trinajstić information content (AvgIpc) is 3.02. The van der Waals surface area contributed by atoms with Crippen molar-refractivity contribution < 1.29 is 14.3 Å². The lowest BCUT2D eigenvalue weighted by Gasteiger charge is -2.06. The minimum atomic E-state index is -0.377. The van der Waals surface area contributed by atoms with Crippen LogP contribution in [0.5, 0.6) is 5.75 Å². The minimum absolute atomic E-state index is 0.377. The second-order valence-corrected chi connectivity index (χ2v) is 6.80. The number of methoxy groups -OCH3 is 1. The van der Waals surface area contributed by atoms with E-state index in [1.807, 2.05) is 0 Å². The first-order valence-corrected chi connectivity index (χ1v) is 8.96. The number of thioether (sulfide) groups is 1. The summed E-state index contributed by atoms with van der Waals surface area (Å²) < 4.78 is 12.1. The van der Waals surface area contributed by atoms with E-state index in [1.54, 1.807) is 40.9 Å². The molecule has 3 aromatic rings. The fourth-order valence-electron chi connectivity index (χ4n) is 2.10. The van der Waals surface area contributed by atoms with Crippen LogP contribution in [0.15, 0.2) is 41.7 Å². The lowest BCUT2D eigenvalue weighted by molar-refractivity contribution is 0.0600. The molecule has 9 heteroatoms. The molecule has 130 valence electrons. The van der Waals surface area contributed by atoms with E-state index in [0.717, 1.165) is 0 Å². The van der Waals surface area contributed by atoms with Crippen LogP contribution in [0.4, 0.5) is 0 Å². The molecular weight excluding hydrogens is 385 g/mol. The maximum atomic E-state index is 11.4. The molecule has 0 aliphatic carbocycles. The van der Waals surface area contributed by atoms with Gasteiger partial charge >= 0.3 is 5.97 Å². The zero-order chi connectivity index (χ0) is 17.8. The molecule has 0 amide bonds. The van der Waals surface area contributed by atoms with E-state index in [-0.39, 0.29) is 5.97 Å². The topological polar surface area (TPSA) is 65.7 Å². The summed E-state index contributed by atoms with van der Waals surface area (Å²) in [7, 11) is 1.35. The van der Waals surface area contributed by atoms with E-state index in [4.69, 9.17) is 27.9 Å². The number of halogens is 2. The van der Waals surface area contributed by atoms with Gasteiger partial charge in [-0.25, -0.2) is 4.79 Å². The Morgan fingerprint density at radius 1 is 1.24 bits per heavy atom. The van der Waals surface area contributed by atoms with E-state index in [9.17, 15) is 4.79 Å². The highest BCUT2D eigenvalue weighted by molar-refractivity contribution is 7.99. The first-order chi connectivity index (χ1) is 12.1. The summed E-state index contributed by atoms with van der Waals surface area (Å²) >= 11 is 13.6.